The van der Waals surface area contributed by atoms with Gasteiger partial charge in [0.05, 0.1) is 4.70 Å². The summed E-state index contributed by atoms with van der Waals surface area (Å²) in [4.78, 5) is 10.5. The van der Waals surface area contributed by atoms with E-state index in [4.69, 9.17) is 4.98 Å². The number of pyridine rings is 2. The molecule has 3 nitrogen and oxygen atoms in total. The van der Waals surface area contributed by atoms with Crippen LogP contribution < -0.4 is 0 Å². The van der Waals surface area contributed by atoms with Crippen molar-refractivity contribution in [1.82, 2.24) is 14.4 Å². The molecule has 0 fully saturated rings. The van der Waals surface area contributed by atoms with E-state index in [1.807, 2.05) is 12.3 Å². The zero-order chi connectivity index (χ0) is 14.0. The zero-order valence-corrected chi connectivity index (χ0v) is 12.2. The first-order valence-electron chi connectivity index (χ1n) is 6.86. The maximum absolute atomic E-state index is 4.86. The molecular weight excluding hydrogens is 278 g/mol. The molecule has 0 spiro atoms. The van der Waals surface area contributed by atoms with Gasteiger partial charge < -0.3 is 0 Å². The lowest BCUT2D eigenvalue weighted by Crippen LogP contribution is -1.90. The summed E-state index contributed by atoms with van der Waals surface area (Å²) in [5, 5.41) is 2.46. The van der Waals surface area contributed by atoms with Gasteiger partial charge in [0.1, 0.15) is 21.5 Å². The van der Waals surface area contributed by atoms with Crippen molar-refractivity contribution >= 4 is 48.3 Å². The quantitative estimate of drug-likeness (QED) is 0.418. The Hall–Kier alpha value is -2.46. The molecule has 0 aliphatic heterocycles. The zero-order valence-electron chi connectivity index (χ0n) is 11.4. The van der Waals surface area contributed by atoms with Gasteiger partial charge in [0, 0.05) is 17.8 Å². The predicted molar refractivity (Wildman–Crippen MR) is 88.1 cm³/mol. The maximum Gasteiger partial charge on any atom is 0.146 e. The van der Waals surface area contributed by atoms with Crippen molar-refractivity contribution in [1.29, 1.82) is 0 Å². The third kappa shape index (κ3) is 1.37. The fourth-order valence-electron chi connectivity index (χ4n) is 3.05. The van der Waals surface area contributed by atoms with Gasteiger partial charge in [-0.3, -0.25) is 9.38 Å². The highest BCUT2D eigenvalue weighted by atomic mass is 32.1. The summed E-state index contributed by atoms with van der Waals surface area (Å²) in [5.41, 5.74) is 4.44. The smallest absolute Gasteiger partial charge is 0.146 e. The Morgan fingerprint density at radius 3 is 2.81 bits per heavy atom. The van der Waals surface area contributed by atoms with Gasteiger partial charge in [0.15, 0.2) is 0 Å². The van der Waals surface area contributed by atoms with E-state index < -0.39 is 0 Å². The molecule has 4 aromatic heterocycles. The van der Waals surface area contributed by atoms with Crippen molar-refractivity contribution in [2.75, 3.05) is 0 Å². The van der Waals surface area contributed by atoms with Gasteiger partial charge in [-0.25, -0.2) is 4.98 Å². The molecule has 0 saturated carbocycles. The number of hydrogen-bond donors (Lipinski definition) is 0. The molecule has 1 aromatic carbocycles. The number of rotatable bonds is 0. The number of fused-ring (bicyclic) bond motifs is 7. The highest BCUT2D eigenvalue weighted by Crippen LogP contribution is 2.35. The summed E-state index contributed by atoms with van der Waals surface area (Å²) in [5.74, 6) is 0. The molecule has 0 aliphatic carbocycles. The van der Waals surface area contributed by atoms with Gasteiger partial charge >= 0.3 is 0 Å². The average molecular weight is 289 g/mol. The topological polar surface area (TPSA) is 30.2 Å². The Labute approximate surface area is 124 Å². The third-order valence-corrected chi connectivity index (χ3v) is 5.02. The van der Waals surface area contributed by atoms with Gasteiger partial charge in [-0.15, -0.1) is 11.3 Å². The van der Waals surface area contributed by atoms with Crippen LogP contribution in [0, 0.1) is 6.92 Å². The van der Waals surface area contributed by atoms with Gasteiger partial charge in [0.2, 0.25) is 0 Å². The number of aromatic nitrogens is 3. The lowest BCUT2D eigenvalue weighted by Gasteiger charge is -2.05. The largest absolute Gasteiger partial charge is 0.296 e. The van der Waals surface area contributed by atoms with Crippen molar-refractivity contribution in [3.05, 3.63) is 54.4 Å². The molecule has 0 radical (unpaired) electrons. The highest BCUT2D eigenvalue weighted by Gasteiger charge is 2.15. The lowest BCUT2D eigenvalue weighted by atomic mass is 10.1. The van der Waals surface area contributed by atoms with E-state index in [1.54, 1.807) is 11.3 Å². The number of hydrogen-bond acceptors (Lipinski definition) is 3. The highest BCUT2D eigenvalue weighted by molar-refractivity contribution is 7.25. The minimum atomic E-state index is 1.02. The van der Waals surface area contributed by atoms with Crippen LogP contribution >= 0.6 is 11.3 Å². The second-order valence-corrected chi connectivity index (χ2v) is 6.30. The van der Waals surface area contributed by atoms with Crippen molar-refractivity contribution in [3.8, 4) is 0 Å². The van der Waals surface area contributed by atoms with Crippen LogP contribution in [0.15, 0.2) is 48.8 Å². The van der Waals surface area contributed by atoms with E-state index in [2.05, 4.69) is 52.8 Å². The SMILES string of the molecule is Cc1cn2c(nc3sc4cccnc4c32)c2ccccc12. The van der Waals surface area contributed by atoms with Crippen LogP contribution in [0.2, 0.25) is 0 Å². The lowest BCUT2D eigenvalue weighted by molar-refractivity contribution is 1.21. The van der Waals surface area contributed by atoms with Crippen LogP contribution in [0.1, 0.15) is 5.56 Å². The summed E-state index contributed by atoms with van der Waals surface area (Å²) in [6, 6.07) is 12.5. The van der Waals surface area contributed by atoms with Crippen molar-refractivity contribution in [2.45, 2.75) is 6.92 Å². The van der Waals surface area contributed by atoms with E-state index in [1.165, 1.54) is 21.0 Å². The second kappa shape index (κ2) is 3.80. The number of benzene rings is 1. The molecule has 21 heavy (non-hydrogen) atoms. The number of aryl methyl sites for hydroxylation is 1. The Morgan fingerprint density at radius 2 is 1.90 bits per heavy atom. The van der Waals surface area contributed by atoms with Gasteiger partial charge in [0.25, 0.3) is 0 Å². The molecular formula is C17H11N3S. The molecule has 0 unspecified atom stereocenters. The standard InChI is InChI=1S/C17H11N3S/c1-10-9-20-15-14-13(7-4-8-18-14)21-17(15)19-16(20)12-6-3-2-5-11(10)12/h2-9H,1H3. The van der Waals surface area contributed by atoms with E-state index in [-0.39, 0.29) is 0 Å². The molecule has 0 bridgehead atoms. The fraction of sp³-hybridized carbons (Fsp3) is 0.0588. The summed E-state index contributed by atoms with van der Waals surface area (Å²) < 4.78 is 3.38. The van der Waals surface area contributed by atoms with E-state index in [0.29, 0.717) is 0 Å². The monoisotopic (exact) mass is 289 g/mol. The van der Waals surface area contributed by atoms with Crippen LogP contribution in [-0.4, -0.2) is 14.4 Å². The summed E-state index contributed by atoms with van der Waals surface area (Å²) in [6.07, 6.45) is 4.02. The predicted octanol–water partition coefficient (Wildman–Crippen LogP) is 4.56. The van der Waals surface area contributed by atoms with Crippen LogP contribution in [0.5, 0.6) is 0 Å². The van der Waals surface area contributed by atoms with Crippen LogP contribution in [0.3, 0.4) is 0 Å². The third-order valence-electron chi connectivity index (χ3n) is 4.00. The van der Waals surface area contributed by atoms with Gasteiger partial charge in [-0.1, -0.05) is 24.3 Å². The summed E-state index contributed by atoms with van der Waals surface area (Å²) in [6.45, 7) is 2.15. The van der Waals surface area contributed by atoms with Crippen LogP contribution in [0.4, 0.5) is 0 Å². The normalized spacial score (nSPS) is 12.0. The minimum Gasteiger partial charge on any atom is -0.296 e. The molecule has 4 heterocycles. The van der Waals surface area contributed by atoms with E-state index >= 15 is 0 Å². The van der Waals surface area contributed by atoms with E-state index in [0.717, 1.165) is 21.5 Å². The molecule has 0 atom stereocenters. The average Bonchev–Trinajstić information content (AvgIpc) is 3.04. The molecule has 0 amide bonds. The first kappa shape index (κ1) is 11.2. The Bertz CT molecular complexity index is 1150. The Morgan fingerprint density at radius 1 is 1.05 bits per heavy atom. The van der Waals surface area contributed by atoms with Crippen LogP contribution in [0.25, 0.3) is 37.0 Å². The van der Waals surface area contributed by atoms with Crippen LogP contribution in [-0.2, 0) is 0 Å². The Kier molecular flexibility index (Phi) is 2.03. The molecule has 0 saturated heterocycles. The van der Waals surface area contributed by atoms with Gasteiger partial charge in [-0.05, 0) is 30.0 Å². The first-order chi connectivity index (χ1) is 10.3. The number of thiophene rings is 1. The fourth-order valence-corrected chi connectivity index (χ4v) is 4.08. The molecule has 4 heteroatoms. The summed E-state index contributed by atoms with van der Waals surface area (Å²) in [7, 11) is 0. The number of imidazole rings is 1. The maximum atomic E-state index is 4.86. The molecule has 5 rings (SSSR count). The van der Waals surface area contributed by atoms with Gasteiger partial charge in [-0.2, -0.15) is 0 Å². The van der Waals surface area contributed by atoms with Crippen molar-refractivity contribution in [2.24, 2.45) is 0 Å². The first-order valence-corrected chi connectivity index (χ1v) is 7.68. The molecule has 100 valence electrons. The minimum absolute atomic E-state index is 1.02. The summed E-state index contributed by atoms with van der Waals surface area (Å²) >= 11 is 1.71. The Balaban J connectivity index is 2.12. The van der Waals surface area contributed by atoms with Crippen molar-refractivity contribution < 1.29 is 0 Å². The molecule has 0 aliphatic rings. The second-order valence-electron chi connectivity index (χ2n) is 5.27. The number of nitrogens with zero attached hydrogens (tertiary/aromatic N) is 3. The molecule has 0 N–H and O–H groups in total. The van der Waals surface area contributed by atoms with E-state index in [9.17, 15) is 0 Å². The van der Waals surface area contributed by atoms with Crippen molar-refractivity contribution in [3.63, 3.8) is 0 Å². The molecule has 5 aromatic rings.